The summed E-state index contributed by atoms with van der Waals surface area (Å²) in [5.74, 6) is -0.333. The van der Waals surface area contributed by atoms with Crippen molar-refractivity contribution in [3.05, 3.63) is 29.8 Å². The molecule has 0 spiro atoms. The molecule has 84 valence electrons. The summed E-state index contributed by atoms with van der Waals surface area (Å²) < 4.78 is 0. The number of phenolic OH excluding ortho intramolecular Hbond substituents is 1. The summed E-state index contributed by atoms with van der Waals surface area (Å²) in [5, 5.41) is 21.3. The van der Waals surface area contributed by atoms with Crippen LogP contribution in [0.4, 0.5) is 0 Å². The first-order valence-electron chi connectivity index (χ1n) is 4.69. The molecule has 1 unspecified atom stereocenters. The highest BCUT2D eigenvalue weighted by Crippen LogP contribution is 2.23. The monoisotopic (exact) mass is 221 g/mol. The highest BCUT2D eigenvalue weighted by molar-refractivity contribution is 6.04. The van der Waals surface area contributed by atoms with Gasteiger partial charge in [0.15, 0.2) is 12.0 Å². The number of aliphatic hydroxyl groups is 1. The number of carbonyl (C=O) groups is 1. The Labute approximate surface area is 91.4 Å². The predicted molar refractivity (Wildman–Crippen MR) is 56.6 cm³/mol. The number of nitrogens with two attached hydrogens (primary N) is 1. The van der Waals surface area contributed by atoms with Crippen LogP contribution in [0.5, 0.6) is 5.75 Å². The number of hydrogen-bond acceptors (Lipinski definition) is 5. The summed E-state index contributed by atoms with van der Waals surface area (Å²) in [5.41, 5.74) is 5.82. The van der Waals surface area contributed by atoms with Gasteiger partial charge in [-0.1, -0.05) is 12.1 Å². The molecule has 6 nitrogen and oxygen atoms in total. The largest absolute Gasteiger partial charge is 0.508 e. The van der Waals surface area contributed by atoms with Crippen molar-refractivity contribution in [2.24, 2.45) is 10.7 Å². The molecular weight excluding hydrogens is 210 g/mol. The molecular formula is C10H11N3O3. The maximum Gasteiger partial charge on any atom is 0.254 e. The van der Waals surface area contributed by atoms with Gasteiger partial charge in [-0.15, -0.1) is 0 Å². The van der Waals surface area contributed by atoms with E-state index in [0.29, 0.717) is 5.56 Å². The number of guanidine groups is 1. The van der Waals surface area contributed by atoms with Crippen LogP contribution in [0.1, 0.15) is 11.7 Å². The lowest BCUT2D eigenvalue weighted by Gasteiger charge is -2.13. The lowest BCUT2D eigenvalue weighted by atomic mass is 10.0. The Morgan fingerprint density at radius 3 is 2.50 bits per heavy atom. The van der Waals surface area contributed by atoms with Gasteiger partial charge >= 0.3 is 0 Å². The first-order valence-corrected chi connectivity index (χ1v) is 4.69. The number of nitrogens with zero attached hydrogens (tertiary/aromatic N) is 1. The number of nitrogens with one attached hydrogen (secondary N) is 1. The summed E-state index contributed by atoms with van der Waals surface area (Å²) in [6, 6.07) is 4.98. The highest BCUT2D eigenvalue weighted by Gasteiger charge is 2.32. The molecule has 16 heavy (non-hydrogen) atoms. The van der Waals surface area contributed by atoms with E-state index in [1.807, 2.05) is 0 Å². The third-order valence-corrected chi connectivity index (χ3v) is 2.33. The van der Waals surface area contributed by atoms with Gasteiger partial charge in [0.25, 0.3) is 5.91 Å². The maximum atomic E-state index is 11.4. The number of hydrogen-bond donors (Lipinski definition) is 4. The predicted octanol–water partition coefficient (Wildman–Crippen LogP) is -0.761. The minimum atomic E-state index is -1.07. The number of carbonyl (C=O) groups excluding carboxylic acids is 1. The van der Waals surface area contributed by atoms with Gasteiger partial charge in [0.05, 0.1) is 0 Å². The van der Waals surface area contributed by atoms with Crippen LogP contribution in [0.2, 0.25) is 0 Å². The van der Waals surface area contributed by atoms with Crippen molar-refractivity contribution in [3.63, 3.8) is 0 Å². The van der Waals surface area contributed by atoms with Crippen LogP contribution < -0.4 is 11.1 Å². The second-order valence-electron chi connectivity index (χ2n) is 3.48. The quantitative estimate of drug-likeness (QED) is 0.526. The number of rotatable bonds is 2. The van der Waals surface area contributed by atoms with Crippen LogP contribution in [0.25, 0.3) is 0 Å². The first kappa shape index (κ1) is 10.4. The van der Waals surface area contributed by atoms with Gasteiger partial charge in [-0.05, 0) is 17.7 Å². The topological polar surface area (TPSA) is 108 Å². The van der Waals surface area contributed by atoms with Crippen molar-refractivity contribution in [1.82, 2.24) is 5.32 Å². The average Bonchev–Trinajstić information content (AvgIpc) is 2.58. The Bertz CT molecular complexity index is 441. The van der Waals surface area contributed by atoms with E-state index < -0.39 is 18.1 Å². The SMILES string of the molecule is NC1=NC([C@H](O)c2ccc(O)cc2)C(=O)N1. The van der Waals surface area contributed by atoms with E-state index in [1.165, 1.54) is 24.3 Å². The number of phenols is 1. The summed E-state index contributed by atoms with van der Waals surface area (Å²) in [4.78, 5) is 15.1. The molecule has 1 aliphatic rings. The zero-order valence-corrected chi connectivity index (χ0v) is 8.29. The van der Waals surface area contributed by atoms with Gasteiger partial charge in [-0.3, -0.25) is 10.1 Å². The molecule has 1 aliphatic heterocycles. The second-order valence-corrected chi connectivity index (χ2v) is 3.48. The molecule has 1 aromatic rings. The maximum absolute atomic E-state index is 11.4. The fraction of sp³-hybridized carbons (Fsp3) is 0.200. The molecule has 1 amide bonds. The molecule has 2 atom stereocenters. The third kappa shape index (κ3) is 1.82. The fourth-order valence-corrected chi connectivity index (χ4v) is 1.51. The molecule has 1 heterocycles. The van der Waals surface area contributed by atoms with Crippen molar-refractivity contribution >= 4 is 11.9 Å². The normalized spacial score (nSPS) is 21.4. The standard InChI is InChI=1S/C10H11N3O3/c11-10-12-7(9(16)13-10)8(15)5-1-3-6(14)4-2-5/h1-4,7-8,14-15H,(H3,11,12,13,16)/t7?,8-/m1/s1. The Morgan fingerprint density at radius 1 is 1.38 bits per heavy atom. The Balaban J connectivity index is 2.22. The molecule has 0 bridgehead atoms. The van der Waals surface area contributed by atoms with E-state index in [4.69, 9.17) is 10.8 Å². The van der Waals surface area contributed by atoms with Crippen LogP contribution in [-0.4, -0.2) is 28.1 Å². The van der Waals surface area contributed by atoms with Crippen molar-refractivity contribution in [2.45, 2.75) is 12.1 Å². The Hall–Kier alpha value is -2.08. The average molecular weight is 221 g/mol. The molecule has 2 rings (SSSR count). The second kappa shape index (κ2) is 3.82. The number of amides is 1. The molecule has 0 aromatic heterocycles. The number of aliphatic imine (C=N–C) groups is 1. The van der Waals surface area contributed by atoms with Crippen molar-refractivity contribution in [3.8, 4) is 5.75 Å². The Morgan fingerprint density at radius 2 is 2.00 bits per heavy atom. The van der Waals surface area contributed by atoms with Gasteiger partial charge in [0.1, 0.15) is 11.9 Å². The first-order chi connectivity index (χ1) is 7.58. The molecule has 1 aromatic carbocycles. The fourth-order valence-electron chi connectivity index (χ4n) is 1.51. The Kier molecular flexibility index (Phi) is 2.49. The molecule has 0 aliphatic carbocycles. The lowest BCUT2D eigenvalue weighted by molar-refractivity contribution is -0.122. The molecule has 5 N–H and O–H groups in total. The number of aromatic hydroxyl groups is 1. The zero-order valence-electron chi connectivity index (χ0n) is 8.29. The summed E-state index contributed by atoms with van der Waals surface area (Å²) in [6.07, 6.45) is -1.07. The van der Waals surface area contributed by atoms with E-state index in [0.717, 1.165) is 0 Å². The van der Waals surface area contributed by atoms with Crippen molar-refractivity contribution in [1.29, 1.82) is 0 Å². The van der Waals surface area contributed by atoms with Crippen LogP contribution in [0, 0.1) is 0 Å². The van der Waals surface area contributed by atoms with Gasteiger partial charge < -0.3 is 15.9 Å². The van der Waals surface area contributed by atoms with Crippen molar-refractivity contribution < 1.29 is 15.0 Å². The highest BCUT2D eigenvalue weighted by atomic mass is 16.3. The van der Waals surface area contributed by atoms with Crippen LogP contribution in [0.3, 0.4) is 0 Å². The van der Waals surface area contributed by atoms with Crippen LogP contribution in [0.15, 0.2) is 29.3 Å². The zero-order chi connectivity index (χ0) is 11.7. The van der Waals surface area contributed by atoms with E-state index in [-0.39, 0.29) is 11.7 Å². The van der Waals surface area contributed by atoms with E-state index in [1.54, 1.807) is 0 Å². The summed E-state index contributed by atoms with van der Waals surface area (Å²) >= 11 is 0. The number of aliphatic hydroxyl groups excluding tert-OH is 1. The van der Waals surface area contributed by atoms with Crippen molar-refractivity contribution in [2.75, 3.05) is 0 Å². The molecule has 6 heteroatoms. The van der Waals surface area contributed by atoms with E-state index >= 15 is 0 Å². The summed E-state index contributed by atoms with van der Waals surface area (Å²) in [7, 11) is 0. The van der Waals surface area contributed by atoms with E-state index in [9.17, 15) is 9.90 Å². The minimum Gasteiger partial charge on any atom is -0.508 e. The van der Waals surface area contributed by atoms with E-state index in [2.05, 4.69) is 10.3 Å². The van der Waals surface area contributed by atoms with Gasteiger partial charge in [-0.2, -0.15) is 0 Å². The third-order valence-electron chi connectivity index (χ3n) is 2.33. The van der Waals surface area contributed by atoms with Gasteiger partial charge in [-0.25, -0.2) is 4.99 Å². The molecule has 0 fully saturated rings. The lowest BCUT2D eigenvalue weighted by Crippen LogP contribution is -2.34. The van der Waals surface area contributed by atoms with Gasteiger partial charge in [0, 0.05) is 0 Å². The smallest absolute Gasteiger partial charge is 0.254 e. The molecule has 0 saturated heterocycles. The van der Waals surface area contributed by atoms with Gasteiger partial charge in [0.2, 0.25) is 0 Å². The molecule has 0 saturated carbocycles. The number of benzene rings is 1. The van der Waals surface area contributed by atoms with Crippen LogP contribution in [-0.2, 0) is 4.79 Å². The minimum absolute atomic E-state index is 0.00725. The van der Waals surface area contributed by atoms with Crippen LogP contribution >= 0.6 is 0 Å². The molecule has 0 radical (unpaired) electrons. The summed E-state index contributed by atoms with van der Waals surface area (Å²) in [6.45, 7) is 0.